The van der Waals surface area contributed by atoms with Crippen molar-refractivity contribution in [2.75, 3.05) is 6.61 Å². The first kappa shape index (κ1) is 14.9. The highest BCUT2D eigenvalue weighted by atomic mass is 28.4. The molecule has 0 fully saturated rings. The van der Waals surface area contributed by atoms with Gasteiger partial charge >= 0.3 is 0 Å². The lowest BCUT2D eigenvalue weighted by atomic mass is 10.1. The van der Waals surface area contributed by atoms with Crippen molar-refractivity contribution < 1.29 is 4.43 Å². The van der Waals surface area contributed by atoms with Crippen LogP contribution in [0.2, 0.25) is 18.1 Å². The molecule has 0 spiro atoms. The zero-order chi connectivity index (χ0) is 13.8. The summed E-state index contributed by atoms with van der Waals surface area (Å²) in [7, 11) is -1.63. The van der Waals surface area contributed by atoms with E-state index in [9.17, 15) is 0 Å². The average Bonchev–Trinajstić information content (AvgIpc) is 2.28. The summed E-state index contributed by atoms with van der Waals surface area (Å²) < 4.78 is 6.13. The van der Waals surface area contributed by atoms with E-state index in [0.717, 1.165) is 13.0 Å². The zero-order valence-corrected chi connectivity index (χ0v) is 13.1. The Labute approximate surface area is 112 Å². The van der Waals surface area contributed by atoms with Gasteiger partial charge in [-0.15, -0.1) is 0 Å². The van der Waals surface area contributed by atoms with Crippen LogP contribution in [0.5, 0.6) is 0 Å². The molecule has 0 amide bonds. The standard InChI is InChI=1S/C15H23NOSi/c1-15(2,3)18(5,6)17-12-11-13-7-9-14(16-4)10-8-13/h7-10H,11-12H2,1-3,5-6H3. The molecule has 1 aromatic carbocycles. The van der Waals surface area contributed by atoms with Crippen LogP contribution in [0.4, 0.5) is 5.69 Å². The van der Waals surface area contributed by atoms with E-state index in [1.54, 1.807) is 0 Å². The maximum absolute atomic E-state index is 6.91. The van der Waals surface area contributed by atoms with Gasteiger partial charge in [-0.05, 0) is 30.1 Å². The summed E-state index contributed by atoms with van der Waals surface area (Å²) in [6.07, 6.45) is 0.921. The van der Waals surface area contributed by atoms with Gasteiger partial charge in [-0.1, -0.05) is 45.0 Å². The number of hydrogen-bond donors (Lipinski definition) is 0. The molecule has 0 aromatic heterocycles. The third-order valence-corrected chi connectivity index (χ3v) is 8.26. The monoisotopic (exact) mass is 261 g/mol. The topological polar surface area (TPSA) is 13.6 Å². The Kier molecular flexibility index (Phi) is 4.72. The lowest BCUT2D eigenvalue weighted by Crippen LogP contribution is -2.41. The van der Waals surface area contributed by atoms with Crippen LogP contribution < -0.4 is 0 Å². The molecule has 2 nitrogen and oxygen atoms in total. The van der Waals surface area contributed by atoms with Gasteiger partial charge in [0.25, 0.3) is 0 Å². The number of nitrogens with zero attached hydrogens (tertiary/aromatic N) is 1. The molecule has 98 valence electrons. The normalized spacial score (nSPS) is 12.2. The minimum absolute atomic E-state index is 0.265. The Morgan fingerprint density at radius 2 is 1.72 bits per heavy atom. The highest BCUT2D eigenvalue weighted by molar-refractivity contribution is 6.74. The van der Waals surface area contributed by atoms with E-state index in [1.807, 2.05) is 24.3 Å². The van der Waals surface area contributed by atoms with Crippen molar-refractivity contribution in [3.05, 3.63) is 41.2 Å². The van der Waals surface area contributed by atoms with Gasteiger partial charge in [0.2, 0.25) is 0 Å². The summed E-state index contributed by atoms with van der Waals surface area (Å²) in [5.41, 5.74) is 1.94. The van der Waals surface area contributed by atoms with Crippen LogP contribution in [0.15, 0.2) is 24.3 Å². The van der Waals surface area contributed by atoms with Crippen LogP contribution in [0.25, 0.3) is 4.85 Å². The minimum Gasteiger partial charge on any atom is -0.416 e. The molecule has 0 aliphatic carbocycles. The molecule has 0 unspecified atom stereocenters. The fourth-order valence-corrected chi connectivity index (χ4v) is 2.42. The second kappa shape index (κ2) is 5.68. The molecular formula is C15H23NOSi. The molecule has 0 aliphatic rings. The Hall–Kier alpha value is -1.11. The molecule has 0 radical (unpaired) electrons. The molecule has 3 heteroatoms. The van der Waals surface area contributed by atoms with Crippen LogP contribution in [-0.2, 0) is 10.8 Å². The van der Waals surface area contributed by atoms with Gasteiger partial charge in [0, 0.05) is 6.61 Å². The molecule has 0 saturated carbocycles. The first-order valence-corrected chi connectivity index (χ1v) is 9.27. The summed E-state index contributed by atoms with van der Waals surface area (Å²) in [5, 5.41) is 0.265. The van der Waals surface area contributed by atoms with Crippen molar-refractivity contribution in [1.82, 2.24) is 0 Å². The smallest absolute Gasteiger partial charge is 0.191 e. The number of rotatable bonds is 4. The van der Waals surface area contributed by atoms with Gasteiger partial charge in [0.05, 0.1) is 6.57 Å². The van der Waals surface area contributed by atoms with Crippen molar-refractivity contribution in [1.29, 1.82) is 0 Å². The van der Waals surface area contributed by atoms with Gasteiger partial charge in [-0.2, -0.15) is 0 Å². The molecule has 1 rings (SSSR count). The Bertz CT molecular complexity index is 423. The number of benzene rings is 1. The highest BCUT2D eigenvalue weighted by Gasteiger charge is 2.36. The molecule has 0 aliphatic heterocycles. The van der Waals surface area contributed by atoms with Gasteiger partial charge in [-0.25, -0.2) is 4.85 Å². The second-order valence-electron chi connectivity index (χ2n) is 6.14. The first-order chi connectivity index (χ1) is 8.26. The lowest BCUT2D eigenvalue weighted by Gasteiger charge is -2.36. The van der Waals surface area contributed by atoms with E-state index < -0.39 is 8.32 Å². The maximum Gasteiger partial charge on any atom is 0.191 e. The minimum atomic E-state index is -1.63. The Morgan fingerprint density at radius 3 is 2.17 bits per heavy atom. The van der Waals surface area contributed by atoms with E-state index >= 15 is 0 Å². The van der Waals surface area contributed by atoms with Crippen LogP contribution in [0.1, 0.15) is 26.3 Å². The highest BCUT2D eigenvalue weighted by Crippen LogP contribution is 2.36. The van der Waals surface area contributed by atoms with Crippen LogP contribution in [-0.4, -0.2) is 14.9 Å². The number of hydrogen-bond acceptors (Lipinski definition) is 1. The van der Waals surface area contributed by atoms with E-state index in [4.69, 9.17) is 11.0 Å². The van der Waals surface area contributed by atoms with Crippen molar-refractivity contribution in [3.8, 4) is 0 Å². The summed E-state index contributed by atoms with van der Waals surface area (Å²) in [6, 6.07) is 7.77. The summed E-state index contributed by atoms with van der Waals surface area (Å²) in [5.74, 6) is 0. The molecule has 0 heterocycles. The fourth-order valence-electron chi connectivity index (χ4n) is 1.38. The Balaban J connectivity index is 2.49. The fraction of sp³-hybridized carbons (Fsp3) is 0.533. The van der Waals surface area contributed by atoms with Gasteiger partial charge in [0.15, 0.2) is 14.0 Å². The largest absolute Gasteiger partial charge is 0.416 e. The van der Waals surface area contributed by atoms with Crippen molar-refractivity contribution in [3.63, 3.8) is 0 Å². The lowest BCUT2D eigenvalue weighted by molar-refractivity contribution is 0.292. The van der Waals surface area contributed by atoms with Crippen LogP contribution >= 0.6 is 0 Å². The summed E-state index contributed by atoms with van der Waals surface area (Å²) in [4.78, 5) is 3.39. The predicted molar refractivity (Wildman–Crippen MR) is 79.6 cm³/mol. The maximum atomic E-state index is 6.91. The van der Waals surface area contributed by atoms with Crippen molar-refractivity contribution >= 4 is 14.0 Å². The second-order valence-corrected chi connectivity index (χ2v) is 10.9. The Morgan fingerprint density at radius 1 is 1.17 bits per heavy atom. The van der Waals surface area contributed by atoms with E-state index in [0.29, 0.717) is 5.69 Å². The predicted octanol–water partition coefficient (Wildman–Crippen LogP) is 4.80. The van der Waals surface area contributed by atoms with Crippen LogP contribution in [0, 0.1) is 6.57 Å². The van der Waals surface area contributed by atoms with Gasteiger partial charge in [-0.3, -0.25) is 0 Å². The molecule has 1 aromatic rings. The third kappa shape index (κ3) is 3.97. The van der Waals surface area contributed by atoms with Crippen molar-refractivity contribution in [2.45, 2.75) is 45.3 Å². The summed E-state index contributed by atoms with van der Waals surface area (Å²) in [6.45, 7) is 19.0. The zero-order valence-electron chi connectivity index (χ0n) is 12.1. The molecule has 0 bridgehead atoms. The van der Waals surface area contributed by atoms with Crippen LogP contribution in [0.3, 0.4) is 0 Å². The van der Waals surface area contributed by atoms with Crippen molar-refractivity contribution in [2.24, 2.45) is 0 Å². The van der Waals surface area contributed by atoms with E-state index in [1.165, 1.54) is 5.56 Å². The van der Waals surface area contributed by atoms with E-state index in [2.05, 4.69) is 38.7 Å². The first-order valence-electron chi connectivity index (χ1n) is 6.36. The quantitative estimate of drug-likeness (QED) is 0.560. The average molecular weight is 261 g/mol. The van der Waals surface area contributed by atoms with Gasteiger partial charge < -0.3 is 4.43 Å². The molecular weight excluding hydrogens is 238 g/mol. The molecule has 0 saturated heterocycles. The van der Waals surface area contributed by atoms with E-state index in [-0.39, 0.29) is 5.04 Å². The molecule has 18 heavy (non-hydrogen) atoms. The summed E-state index contributed by atoms with van der Waals surface area (Å²) >= 11 is 0. The SMILES string of the molecule is [C-]#[N+]c1ccc(CCO[Si](C)(C)C(C)(C)C)cc1. The third-order valence-electron chi connectivity index (χ3n) is 3.73. The van der Waals surface area contributed by atoms with Gasteiger partial charge in [0.1, 0.15) is 0 Å². The molecule has 0 N–H and O–H groups in total. The molecule has 0 atom stereocenters.